The Morgan fingerprint density at radius 2 is 1.83 bits per heavy atom. The molecule has 0 spiro atoms. The summed E-state index contributed by atoms with van der Waals surface area (Å²) in [7, 11) is -3.03. The summed E-state index contributed by atoms with van der Waals surface area (Å²) in [5.41, 5.74) is -0.981. The van der Waals surface area contributed by atoms with Gasteiger partial charge in [-0.05, 0) is 6.08 Å². The fourth-order valence-corrected chi connectivity index (χ4v) is 0.829. The number of allylic oxidation sites excluding steroid dienone is 1. The molecule has 102 valence electrons. The fraction of sp³-hybridized carbons (Fsp3) is 0.200. The summed E-state index contributed by atoms with van der Waals surface area (Å²) in [6.07, 6.45) is 1.77. The lowest BCUT2D eigenvalue weighted by atomic mass is 10.6. The molecule has 0 saturated carbocycles. The van der Waals surface area contributed by atoms with Gasteiger partial charge in [0.1, 0.15) is 12.4 Å². The zero-order valence-electron chi connectivity index (χ0n) is 9.87. The molecule has 0 aromatic carbocycles. The van der Waals surface area contributed by atoms with E-state index < -0.39 is 19.1 Å². The average Bonchev–Trinajstić information content (AvgIpc) is 2.35. The van der Waals surface area contributed by atoms with Crippen molar-refractivity contribution in [2.75, 3.05) is 13.7 Å². The lowest BCUT2D eigenvalue weighted by Gasteiger charge is -2.01. The van der Waals surface area contributed by atoms with Crippen LogP contribution in [0.5, 0.6) is 0 Å². The molecule has 0 saturated heterocycles. The van der Waals surface area contributed by atoms with Gasteiger partial charge < -0.3 is 19.3 Å². The van der Waals surface area contributed by atoms with Gasteiger partial charge >= 0.3 is 13.6 Å². The van der Waals surface area contributed by atoms with Gasteiger partial charge in [0, 0.05) is 13.2 Å². The Bertz CT molecular complexity index is 386. The van der Waals surface area contributed by atoms with Crippen molar-refractivity contribution in [2.45, 2.75) is 0 Å². The standard InChI is InChI=1S/C6H8O3.C4H7O4P/c1-3-6(8)9-4-5(2)7;1-3-4(5)9(6,7)8-2/h3,7H,1-2,4H2;3H,1H2,2H3,(H,6,7). The highest BCUT2D eigenvalue weighted by atomic mass is 31.2. The van der Waals surface area contributed by atoms with Gasteiger partial charge in [-0.1, -0.05) is 19.7 Å². The molecule has 0 aromatic rings. The van der Waals surface area contributed by atoms with E-state index in [1.807, 2.05) is 0 Å². The van der Waals surface area contributed by atoms with Gasteiger partial charge in [0.2, 0.25) is 0 Å². The molecule has 0 bridgehead atoms. The van der Waals surface area contributed by atoms with Crippen LogP contribution < -0.4 is 0 Å². The third-order valence-corrected chi connectivity index (χ3v) is 2.48. The van der Waals surface area contributed by atoms with E-state index >= 15 is 0 Å². The Kier molecular flexibility index (Phi) is 9.70. The highest BCUT2D eigenvalue weighted by Crippen LogP contribution is 2.41. The minimum Gasteiger partial charge on any atom is -0.509 e. The van der Waals surface area contributed by atoms with Crippen molar-refractivity contribution in [1.82, 2.24) is 0 Å². The Hall–Kier alpha value is -1.69. The van der Waals surface area contributed by atoms with Gasteiger partial charge in [0.05, 0.1) is 0 Å². The van der Waals surface area contributed by atoms with Crippen LogP contribution in [0.4, 0.5) is 0 Å². The molecule has 1 atom stereocenters. The second-order valence-electron chi connectivity index (χ2n) is 2.62. The molecule has 1 unspecified atom stereocenters. The van der Waals surface area contributed by atoms with Crippen LogP contribution in [0.15, 0.2) is 37.6 Å². The maximum absolute atomic E-state index is 10.4. The molecule has 0 fully saturated rings. The van der Waals surface area contributed by atoms with Gasteiger partial charge in [-0.3, -0.25) is 9.36 Å². The maximum Gasteiger partial charge on any atom is 0.398 e. The molecule has 0 rings (SSSR count). The average molecular weight is 278 g/mol. The first-order chi connectivity index (χ1) is 8.21. The van der Waals surface area contributed by atoms with E-state index in [2.05, 4.69) is 29.0 Å². The predicted octanol–water partition coefficient (Wildman–Crippen LogP) is 1.32. The number of carbonyl (C=O) groups is 2. The van der Waals surface area contributed by atoms with Crippen LogP contribution in [0.3, 0.4) is 0 Å². The molecule has 8 heteroatoms. The first kappa shape index (κ1) is 18.7. The maximum atomic E-state index is 10.4. The van der Waals surface area contributed by atoms with Crippen LogP contribution in [0, 0.1) is 0 Å². The second-order valence-corrected chi connectivity index (χ2v) is 4.47. The van der Waals surface area contributed by atoms with Crippen molar-refractivity contribution in [3.05, 3.63) is 37.6 Å². The third-order valence-electron chi connectivity index (χ3n) is 1.25. The molecule has 0 aliphatic rings. The highest BCUT2D eigenvalue weighted by Gasteiger charge is 2.25. The fourth-order valence-electron chi connectivity index (χ4n) is 0.419. The molecule has 0 aromatic heterocycles. The lowest BCUT2D eigenvalue weighted by Crippen LogP contribution is -2.02. The quantitative estimate of drug-likeness (QED) is 0.326. The zero-order chi connectivity index (χ0) is 14.8. The molecule has 0 radical (unpaired) electrons. The second kappa shape index (κ2) is 9.35. The summed E-state index contributed by atoms with van der Waals surface area (Å²) < 4.78 is 18.8. The molecule has 0 aliphatic carbocycles. The van der Waals surface area contributed by atoms with E-state index in [9.17, 15) is 14.2 Å². The number of esters is 1. The van der Waals surface area contributed by atoms with Crippen molar-refractivity contribution in [3.8, 4) is 0 Å². The van der Waals surface area contributed by atoms with Crippen LogP contribution in [0.25, 0.3) is 0 Å². The van der Waals surface area contributed by atoms with Crippen molar-refractivity contribution in [1.29, 1.82) is 0 Å². The number of aliphatic hydroxyl groups is 1. The van der Waals surface area contributed by atoms with Gasteiger partial charge in [0.25, 0.3) is 5.52 Å². The van der Waals surface area contributed by atoms with Crippen molar-refractivity contribution in [2.24, 2.45) is 0 Å². The SMILES string of the molecule is C=CC(=O)OCC(=C)O.C=CC(=O)P(=O)(O)OC. The summed E-state index contributed by atoms with van der Waals surface area (Å²) in [5.74, 6) is -0.740. The highest BCUT2D eigenvalue weighted by molar-refractivity contribution is 7.71. The van der Waals surface area contributed by atoms with E-state index in [-0.39, 0.29) is 12.4 Å². The van der Waals surface area contributed by atoms with Crippen LogP contribution in [-0.2, 0) is 23.4 Å². The number of ether oxygens (including phenoxy) is 1. The Morgan fingerprint density at radius 1 is 1.33 bits per heavy atom. The van der Waals surface area contributed by atoms with Gasteiger partial charge in [-0.25, -0.2) is 4.79 Å². The largest absolute Gasteiger partial charge is 0.509 e. The molecule has 2 N–H and O–H groups in total. The van der Waals surface area contributed by atoms with E-state index in [1.165, 1.54) is 0 Å². The summed E-state index contributed by atoms with van der Waals surface area (Å²) in [6, 6.07) is 0. The number of hydrogen-bond donors (Lipinski definition) is 2. The zero-order valence-corrected chi connectivity index (χ0v) is 10.8. The number of hydrogen-bond acceptors (Lipinski definition) is 6. The van der Waals surface area contributed by atoms with Crippen LogP contribution in [-0.4, -0.2) is 35.2 Å². The molecule has 18 heavy (non-hydrogen) atoms. The summed E-state index contributed by atoms with van der Waals surface area (Å²) in [6.45, 7) is 9.11. The summed E-state index contributed by atoms with van der Waals surface area (Å²) >= 11 is 0. The lowest BCUT2D eigenvalue weighted by molar-refractivity contribution is -0.137. The van der Waals surface area contributed by atoms with E-state index in [0.29, 0.717) is 0 Å². The number of aliphatic hydroxyl groups excluding tert-OH is 1. The molecule has 0 aliphatic heterocycles. The number of rotatable bonds is 6. The van der Waals surface area contributed by atoms with Crippen LogP contribution >= 0.6 is 7.60 Å². The predicted molar refractivity (Wildman–Crippen MR) is 65.0 cm³/mol. The Morgan fingerprint density at radius 3 is 2.06 bits per heavy atom. The van der Waals surface area contributed by atoms with E-state index in [1.54, 1.807) is 0 Å². The van der Waals surface area contributed by atoms with Gasteiger partial charge in [-0.15, -0.1) is 0 Å². The van der Waals surface area contributed by atoms with Crippen LogP contribution in [0.1, 0.15) is 0 Å². The van der Waals surface area contributed by atoms with Crippen molar-refractivity contribution >= 4 is 19.1 Å². The smallest absolute Gasteiger partial charge is 0.398 e. The normalized spacial score (nSPS) is 12.1. The minimum absolute atomic E-state index is 0.162. The van der Waals surface area contributed by atoms with Crippen LogP contribution in [0.2, 0.25) is 0 Å². The van der Waals surface area contributed by atoms with Gasteiger partial charge in [0.15, 0.2) is 0 Å². The molecule has 0 amide bonds. The number of carbonyl (C=O) groups excluding carboxylic acids is 2. The first-order valence-corrected chi connectivity index (χ1v) is 6.00. The Balaban J connectivity index is 0. The molecular formula is C10H15O7P. The van der Waals surface area contributed by atoms with Gasteiger partial charge in [-0.2, -0.15) is 0 Å². The first-order valence-electron chi connectivity index (χ1n) is 4.42. The molecule has 7 nitrogen and oxygen atoms in total. The Labute approximate surface area is 105 Å². The monoisotopic (exact) mass is 278 g/mol. The summed E-state index contributed by atoms with van der Waals surface area (Å²) in [5, 5.41) is 8.39. The summed E-state index contributed by atoms with van der Waals surface area (Å²) in [4.78, 5) is 29.0. The minimum atomic E-state index is -4.02. The third kappa shape index (κ3) is 9.53. The van der Waals surface area contributed by atoms with Crippen molar-refractivity contribution < 1.29 is 33.4 Å². The van der Waals surface area contributed by atoms with E-state index in [0.717, 1.165) is 19.3 Å². The van der Waals surface area contributed by atoms with Crippen molar-refractivity contribution in [3.63, 3.8) is 0 Å². The molecule has 0 heterocycles. The van der Waals surface area contributed by atoms with E-state index in [4.69, 9.17) is 10.00 Å². The topological polar surface area (TPSA) is 110 Å². The molecular weight excluding hydrogens is 263 g/mol.